The van der Waals surface area contributed by atoms with E-state index in [4.69, 9.17) is 16.3 Å². The third-order valence-electron chi connectivity index (χ3n) is 4.01. The second-order valence-electron chi connectivity index (χ2n) is 6.28. The molecule has 1 fully saturated rings. The van der Waals surface area contributed by atoms with Crippen molar-refractivity contribution in [3.63, 3.8) is 0 Å². The van der Waals surface area contributed by atoms with Gasteiger partial charge in [-0.2, -0.15) is 0 Å². The summed E-state index contributed by atoms with van der Waals surface area (Å²) in [5, 5.41) is 3.69. The maximum atomic E-state index is 12.3. The maximum Gasteiger partial charge on any atom is 0.263 e. The lowest BCUT2D eigenvalue weighted by Gasteiger charge is -2.27. The lowest BCUT2D eigenvalue weighted by Crippen LogP contribution is -2.47. The van der Waals surface area contributed by atoms with Gasteiger partial charge in [-0.25, -0.2) is 0 Å². The minimum atomic E-state index is -0.886. The number of amides is 1. The predicted molar refractivity (Wildman–Crippen MR) is 85.7 cm³/mol. The van der Waals surface area contributed by atoms with E-state index in [1.807, 2.05) is 0 Å². The molecular weight excluding hydrogens is 286 g/mol. The Hall–Kier alpha value is -1.22. The Kier molecular flexibility index (Phi) is 5.51. The summed E-state index contributed by atoms with van der Waals surface area (Å²) >= 11 is 5.85. The van der Waals surface area contributed by atoms with E-state index in [0.29, 0.717) is 16.7 Å². The van der Waals surface area contributed by atoms with Gasteiger partial charge in [0.2, 0.25) is 0 Å². The smallest absolute Gasteiger partial charge is 0.263 e. The molecule has 1 aromatic carbocycles. The first-order valence-corrected chi connectivity index (χ1v) is 8.08. The highest BCUT2D eigenvalue weighted by molar-refractivity contribution is 6.30. The number of carbonyl (C=O) groups is 1. The molecule has 4 heteroatoms. The van der Waals surface area contributed by atoms with Crippen molar-refractivity contribution in [2.75, 3.05) is 6.54 Å². The maximum absolute atomic E-state index is 12.3. The standard InChI is InChI=1S/C17H24ClNO2/c1-17(2,21-15-10-8-14(18)9-11-15)16(20)19-12-13-6-4-3-5-7-13/h8-11,13H,3-7,12H2,1-2H3,(H,19,20). The summed E-state index contributed by atoms with van der Waals surface area (Å²) in [6.45, 7) is 4.34. The minimum absolute atomic E-state index is 0.0666. The topological polar surface area (TPSA) is 38.3 Å². The van der Waals surface area contributed by atoms with Gasteiger partial charge in [0.05, 0.1) is 0 Å². The van der Waals surface area contributed by atoms with Crippen molar-refractivity contribution in [1.29, 1.82) is 0 Å². The monoisotopic (exact) mass is 309 g/mol. The Bertz CT molecular complexity index is 464. The van der Waals surface area contributed by atoms with E-state index in [0.717, 1.165) is 6.54 Å². The van der Waals surface area contributed by atoms with Crippen LogP contribution in [0.3, 0.4) is 0 Å². The predicted octanol–water partition coefficient (Wildman–Crippen LogP) is 4.19. The third-order valence-corrected chi connectivity index (χ3v) is 4.26. The molecule has 2 rings (SSSR count). The van der Waals surface area contributed by atoms with Crippen LogP contribution in [0.1, 0.15) is 46.0 Å². The number of hydrogen-bond acceptors (Lipinski definition) is 2. The molecular formula is C17H24ClNO2. The number of ether oxygens (including phenoxy) is 1. The second-order valence-corrected chi connectivity index (χ2v) is 6.72. The zero-order valence-electron chi connectivity index (χ0n) is 12.8. The Morgan fingerprint density at radius 3 is 2.48 bits per heavy atom. The van der Waals surface area contributed by atoms with Crippen molar-refractivity contribution in [3.05, 3.63) is 29.3 Å². The van der Waals surface area contributed by atoms with E-state index >= 15 is 0 Å². The van der Waals surface area contributed by atoms with Crippen LogP contribution in [0.5, 0.6) is 5.75 Å². The summed E-state index contributed by atoms with van der Waals surface area (Å²) < 4.78 is 5.79. The first kappa shape index (κ1) is 16.2. The van der Waals surface area contributed by atoms with Gasteiger partial charge in [-0.15, -0.1) is 0 Å². The Balaban J connectivity index is 1.85. The normalized spacial score (nSPS) is 16.5. The lowest BCUT2D eigenvalue weighted by molar-refractivity contribution is -0.134. The quantitative estimate of drug-likeness (QED) is 0.885. The molecule has 0 heterocycles. The fourth-order valence-corrected chi connectivity index (χ4v) is 2.81. The van der Waals surface area contributed by atoms with Gasteiger partial charge in [0.25, 0.3) is 5.91 Å². The Labute approximate surface area is 132 Å². The molecule has 21 heavy (non-hydrogen) atoms. The SMILES string of the molecule is CC(C)(Oc1ccc(Cl)cc1)C(=O)NCC1CCCCC1. The zero-order valence-corrected chi connectivity index (χ0v) is 13.6. The summed E-state index contributed by atoms with van der Waals surface area (Å²) in [4.78, 5) is 12.3. The number of carbonyl (C=O) groups excluding carboxylic acids is 1. The molecule has 0 spiro atoms. The van der Waals surface area contributed by atoms with Crippen molar-refractivity contribution in [3.8, 4) is 5.75 Å². The van der Waals surface area contributed by atoms with Crippen LogP contribution in [0.4, 0.5) is 0 Å². The molecule has 0 atom stereocenters. The third kappa shape index (κ3) is 4.92. The van der Waals surface area contributed by atoms with Crippen molar-refractivity contribution in [2.45, 2.75) is 51.6 Å². The first-order valence-electron chi connectivity index (χ1n) is 7.70. The lowest BCUT2D eigenvalue weighted by atomic mass is 9.89. The van der Waals surface area contributed by atoms with E-state index < -0.39 is 5.60 Å². The Morgan fingerprint density at radius 2 is 1.86 bits per heavy atom. The zero-order chi connectivity index (χ0) is 15.3. The van der Waals surface area contributed by atoms with Gasteiger partial charge in [0.15, 0.2) is 5.60 Å². The molecule has 0 aliphatic heterocycles. The van der Waals surface area contributed by atoms with Crippen LogP contribution in [0.15, 0.2) is 24.3 Å². The van der Waals surface area contributed by atoms with E-state index in [-0.39, 0.29) is 5.91 Å². The number of rotatable bonds is 5. The average molecular weight is 310 g/mol. The highest BCUT2D eigenvalue weighted by Gasteiger charge is 2.30. The average Bonchev–Trinajstić information content (AvgIpc) is 2.48. The Morgan fingerprint density at radius 1 is 1.24 bits per heavy atom. The molecule has 0 unspecified atom stereocenters. The van der Waals surface area contributed by atoms with E-state index in [1.54, 1.807) is 38.1 Å². The van der Waals surface area contributed by atoms with Gasteiger partial charge in [-0.1, -0.05) is 30.9 Å². The second kappa shape index (κ2) is 7.17. The molecule has 0 radical (unpaired) electrons. The molecule has 0 bridgehead atoms. The molecule has 0 aromatic heterocycles. The van der Waals surface area contributed by atoms with Gasteiger partial charge in [-0.3, -0.25) is 4.79 Å². The summed E-state index contributed by atoms with van der Waals surface area (Å²) in [7, 11) is 0. The van der Waals surface area contributed by atoms with Crippen LogP contribution in [0.25, 0.3) is 0 Å². The van der Waals surface area contributed by atoms with Crippen LogP contribution in [0, 0.1) is 5.92 Å². The van der Waals surface area contributed by atoms with Gasteiger partial charge in [0, 0.05) is 11.6 Å². The first-order chi connectivity index (χ1) is 9.97. The van der Waals surface area contributed by atoms with Crippen molar-refractivity contribution in [1.82, 2.24) is 5.32 Å². The summed E-state index contributed by atoms with van der Waals surface area (Å²) in [5.41, 5.74) is -0.886. The van der Waals surface area contributed by atoms with Gasteiger partial charge < -0.3 is 10.1 Å². The fourth-order valence-electron chi connectivity index (χ4n) is 2.68. The molecule has 0 saturated heterocycles. The number of halogens is 1. The largest absolute Gasteiger partial charge is 0.478 e. The fraction of sp³-hybridized carbons (Fsp3) is 0.588. The molecule has 1 saturated carbocycles. The highest BCUT2D eigenvalue weighted by atomic mass is 35.5. The summed E-state index contributed by atoms with van der Waals surface area (Å²) in [6.07, 6.45) is 6.34. The van der Waals surface area contributed by atoms with Crippen LogP contribution >= 0.6 is 11.6 Å². The number of benzene rings is 1. The molecule has 1 N–H and O–H groups in total. The van der Waals surface area contributed by atoms with Crippen LogP contribution < -0.4 is 10.1 Å². The van der Waals surface area contributed by atoms with Crippen LogP contribution in [0.2, 0.25) is 5.02 Å². The number of hydrogen-bond donors (Lipinski definition) is 1. The minimum Gasteiger partial charge on any atom is -0.478 e. The molecule has 116 valence electrons. The highest BCUT2D eigenvalue weighted by Crippen LogP contribution is 2.24. The van der Waals surface area contributed by atoms with E-state index in [9.17, 15) is 4.79 Å². The van der Waals surface area contributed by atoms with Crippen LogP contribution in [-0.4, -0.2) is 18.1 Å². The summed E-state index contributed by atoms with van der Waals surface area (Å²) in [6, 6.07) is 7.07. The van der Waals surface area contributed by atoms with Crippen molar-refractivity contribution >= 4 is 17.5 Å². The van der Waals surface area contributed by atoms with Gasteiger partial charge in [0.1, 0.15) is 5.75 Å². The molecule has 1 aliphatic rings. The molecule has 1 amide bonds. The molecule has 1 aromatic rings. The van der Waals surface area contributed by atoms with E-state index in [2.05, 4.69) is 5.32 Å². The van der Waals surface area contributed by atoms with Gasteiger partial charge >= 0.3 is 0 Å². The van der Waals surface area contributed by atoms with Crippen LogP contribution in [-0.2, 0) is 4.79 Å². The van der Waals surface area contributed by atoms with E-state index in [1.165, 1.54) is 32.1 Å². The van der Waals surface area contributed by atoms with Crippen molar-refractivity contribution in [2.24, 2.45) is 5.92 Å². The summed E-state index contributed by atoms with van der Waals surface area (Å²) in [5.74, 6) is 1.20. The van der Waals surface area contributed by atoms with Gasteiger partial charge in [-0.05, 0) is 56.9 Å². The number of nitrogens with one attached hydrogen (secondary N) is 1. The molecule has 1 aliphatic carbocycles. The van der Waals surface area contributed by atoms with Crippen molar-refractivity contribution < 1.29 is 9.53 Å². The molecule has 3 nitrogen and oxygen atoms in total.